The summed E-state index contributed by atoms with van der Waals surface area (Å²) in [6.07, 6.45) is 0. The van der Waals surface area contributed by atoms with E-state index >= 15 is 0 Å². The molecule has 8 heteroatoms. The van der Waals surface area contributed by atoms with Crippen molar-refractivity contribution in [2.75, 3.05) is 17.1 Å². The lowest BCUT2D eigenvalue weighted by atomic mass is 10.00. The molecule has 3 aromatic rings. The Bertz CT molecular complexity index is 1090. The number of hydrogen-bond donors (Lipinski definition) is 1. The summed E-state index contributed by atoms with van der Waals surface area (Å²) in [5, 5.41) is 0. The highest BCUT2D eigenvalue weighted by molar-refractivity contribution is 9.11. The smallest absolute Gasteiger partial charge is 0.264 e. The Morgan fingerprint density at radius 3 is 2.62 bits per heavy atom. The number of sulfonamides is 1. The molecule has 0 fully saturated rings. The van der Waals surface area contributed by atoms with Gasteiger partial charge in [-0.05, 0) is 57.9 Å². The lowest BCUT2D eigenvalue weighted by Crippen LogP contribution is -2.32. The fraction of sp³-hybridized carbons (Fsp3) is 0.111. The number of benzene rings is 2. The second-order valence-corrected chi connectivity index (χ2v) is 10.1. The van der Waals surface area contributed by atoms with Crippen LogP contribution in [0.25, 0.3) is 10.4 Å². The Hall–Kier alpha value is -2.03. The number of nitrogens with zero attached hydrogens (tertiary/aromatic N) is 1. The predicted molar refractivity (Wildman–Crippen MR) is 108 cm³/mol. The summed E-state index contributed by atoms with van der Waals surface area (Å²) in [7, 11) is -2.17. The van der Waals surface area contributed by atoms with Gasteiger partial charge < -0.3 is 10.5 Å². The van der Waals surface area contributed by atoms with Gasteiger partial charge >= 0.3 is 0 Å². The van der Waals surface area contributed by atoms with Crippen molar-refractivity contribution in [1.29, 1.82) is 0 Å². The minimum Gasteiger partial charge on any atom is -0.497 e. The predicted octanol–water partition coefficient (Wildman–Crippen LogP) is 4.48. The van der Waals surface area contributed by atoms with Gasteiger partial charge in [-0.15, -0.1) is 11.3 Å². The monoisotopic (exact) mass is 450 g/mol. The van der Waals surface area contributed by atoms with Crippen LogP contribution in [0.5, 0.6) is 5.75 Å². The molecule has 134 valence electrons. The van der Waals surface area contributed by atoms with Crippen LogP contribution in [0.3, 0.4) is 0 Å². The minimum absolute atomic E-state index is 0.221. The largest absolute Gasteiger partial charge is 0.497 e. The second kappa shape index (κ2) is 6.29. The maximum atomic E-state index is 13.3. The Balaban J connectivity index is 1.87. The van der Waals surface area contributed by atoms with Gasteiger partial charge in [0.25, 0.3) is 10.0 Å². The third-order valence-electron chi connectivity index (χ3n) is 4.32. The van der Waals surface area contributed by atoms with Gasteiger partial charge in [0.2, 0.25) is 0 Å². The summed E-state index contributed by atoms with van der Waals surface area (Å²) in [5.74, 6) is 0.611. The highest BCUT2D eigenvalue weighted by Crippen LogP contribution is 2.50. The molecule has 2 heterocycles. The zero-order chi connectivity index (χ0) is 18.5. The number of fused-ring (bicyclic) bond motifs is 3. The van der Waals surface area contributed by atoms with Crippen LogP contribution in [0.2, 0.25) is 0 Å². The summed E-state index contributed by atoms with van der Waals surface area (Å²) in [5.41, 5.74) is 9.28. The summed E-state index contributed by atoms with van der Waals surface area (Å²) in [6.45, 7) is 0.241. The van der Waals surface area contributed by atoms with Crippen LogP contribution in [0.1, 0.15) is 5.56 Å². The molecule has 0 spiro atoms. The number of ether oxygens (including phenoxy) is 1. The van der Waals surface area contributed by atoms with E-state index in [2.05, 4.69) is 15.9 Å². The number of nitrogens with two attached hydrogens (primary N) is 1. The van der Waals surface area contributed by atoms with Crippen LogP contribution in [0, 0.1) is 0 Å². The lowest BCUT2D eigenvalue weighted by molar-refractivity contribution is 0.414. The number of halogens is 1. The van der Waals surface area contributed by atoms with Gasteiger partial charge in [0.05, 0.1) is 32.9 Å². The van der Waals surface area contributed by atoms with E-state index in [1.54, 1.807) is 31.4 Å². The van der Waals surface area contributed by atoms with Gasteiger partial charge in [-0.3, -0.25) is 4.31 Å². The molecule has 0 atom stereocenters. The summed E-state index contributed by atoms with van der Waals surface area (Å²) >= 11 is 4.96. The molecular weight excluding hydrogens is 436 g/mol. The third-order valence-corrected chi connectivity index (χ3v) is 7.74. The Morgan fingerprint density at radius 2 is 1.92 bits per heavy atom. The Morgan fingerprint density at radius 1 is 1.19 bits per heavy atom. The lowest BCUT2D eigenvalue weighted by Gasteiger charge is -2.30. The van der Waals surface area contributed by atoms with Crippen molar-refractivity contribution < 1.29 is 13.2 Å². The van der Waals surface area contributed by atoms with Gasteiger partial charge in [0, 0.05) is 11.3 Å². The van der Waals surface area contributed by atoms with Gasteiger partial charge in [-0.2, -0.15) is 0 Å². The van der Waals surface area contributed by atoms with Crippen LogP contribution in [-0.4, -0.2) is 15.5 Å². The number of anilines is 2. The summed E-state index contributed by atoms with van der Waals surface area (Å²) < 4.78 is 34.0. The van der Waals surface area contributed by atoms with Gasteiger partial charge in [-0.25, -0.2) is 8.42 Å². The maximum absolute atomic E-state index is 13.3. The molecule has 0 amide bonds. The average molecular weight is 451 g/mol. The van der Waals surface area contributed by atoms with Crippen molar-refractivity contribution in [3.8, 4) is 16.2 Å². The van der Waals surface area contributed by atoms with Crippen molar-refractivity contribution >= 4 is 48.7 Å². The van der Waals surface area contributed by atoms with E-state index in [4.69, 9.17) is 10.5 Å². The first-order chi connectivity index (χ1) is 12.4. The quantitative estimate of drug-likeness (QED) is 0.597. The number of methoxy groups -OCH3 is 1. The number of rotatable bonds is 3. The van der Waals surface area contributed by atoms with Crippen molar-refractivity contribution in [2.45, 2.75) is 11.4 Å². The first-order valence-corrected chi connectivity index (χ1v) is 10.8. The van der Waals surface area contributed by atoms with Gasteiger partial charge in [0.15, 0.2) is 0 Å². The molecule has 4 rings (SSSR count). The molecule has 2 aromatic carbocycles. The van der Waals surface area contributed by atoms with Crippen molar-refractivity contribution in [3.63, 3.8) is 0 Å². The molecule has 0 aliphatic carbocycles. The normalized spacial score (nSPS) is 13.2. The van der Waals surface area contributed by atoms with Gasteiger partial charge in [-0.1, -0.05) is 12.1 Å². The average Bonchev–Trinajstić information content (AvgIpc) is 3.02. The first kappa shape index (κ1) is 17.4. The number of hydrogen-bond acceptors (Lipinski definition) is 5. The second-order valence-electron chi connectivity index (χ2n) is 5.83. The van der Waals surface area contributed by atoms with Crippen LogP contribution in [-0.2, 0) is 16.6 Å². The van der Waals surface area contributed by atoms with Crippen molar-refractivity contribution in [1.82, 2.24) is 0 Å². The fourth-order valence-electron chi connectivity index (χ4n) is 3.07. The van der Waals surface area contributed by atoms with Crippen LogP contribution in [0.4, 0.5) is 11.4 Å². The molecule has 1 aliphatic heterocycles. The molecule has 0 bridgehead atoms. The summed E-state index contributed by atoms with van der Waals surface area (Å²) in [6, 6.07) is 13.8. The first-order valence-electron chi connectivity index (χ1n) is 7.75. The van der Waals surface area contributed by atoms with Crippen LogP contribution < -0.4 is 14.8 Å². The molecule has 0 radical (unpaired) electrons. The minimum atomic E-state index is -3.72. The zero-order valence-corrected chi connectivity index (χ0v) is 17.0. The zero-order valence-electron chi connectivity index (χ0n) is 13.8. The number of thiophene rings is 1. The maximum Gasteiger partial charge on any atom is 0.264 e. The molecule has 26 heavy (non-hydrogen) atoms. The van der Waals surface area contributed by atoms with Crippen molar-refractivity contribution in [2.24, 2.45) is 0 Å². The highest BCUT2D eigenvalue weighted by Gasteiger charge is 2.34. The van der Waals surface area contributed by atoms with E-state index in [1.807, 2.05) is 24.3 Å². The molecule has 5 nitrogen and oxygen atoms in total. The van der Waals surface area contributed by atoms with Gasteiger partial charge in [0.1, 0.15) is 5.75 Å². The standard InChI is InChI=1S/C18H15BrN2O3S2/c1-24-12-5-7-13(8-6-12)26(22,23)21-10-11-3-2-4-14(20)17(11)18-15(21)9-16(19)25-18/h2-9H,10,20H2,1H3. The topological polar surface area (TPSA) is 72.6 Å². The molecule has 1 aliphatic rings. The van der Waals surface area contributed by atoms with E-state index in [0.717, 1.165) is 19.8 Å². The van der Waals surface area contributed by atoms with E-state index in [-0.39, 0.29) is 11.4 Å². The number of nitrogen functional groups attached to an aromatic ring is 1. The SMILES string of the molecule is COc1ccc(S(=O)(=O)N2Cc3cccc(N)c3-c3sc(Br)cc32)cc1. The third kappa shape index (κ3) is 2.69. The van der Waals surface area contributed by atoms with Crippen molar-refractivity contribution in [3.05, 3.63) is 57.9 Å². The molecular formula is C18H15BrN2O3S2. The van der Waals surface area contributed by atoms with Crippen LogP contribution >= 0.6 is 27.3 Å². The van der Waals surface area contributed by atoms with Crippen LogP contribution in [0.15, 0.2) is 57.2 Å². The molecule has 1 aromatic heterocycles. The van der Waals surface area contributed by atoms with E-state index < -0.39 is 10.0 Å². The molecule has 0 saturated carbocycles. The van der Waals surface area contributed by atoms with E-state index in [0.29, 0.717) is 17.1 Å². The highest BCUT2D eigenvalue weighted by atomic mass is 79.9. The van der Waals surface area contributed by atoms with E-state index in [1.165, 1.54) is 15.6 Å². The Labute approximate surface area is 164 Å². The molecule has 0 unspecified atom stereocenters. The summed E-state index contributed by atoms with van der Waals surface area (Å²) in [4.78, 5) is 1.08. The Kier molecular flexibility index (Phi) is 4.21. The van der Waals surface area contributed by atoms with E-state index in [9.17, 15) is 8.42 Å². The molecule has 0 saturated heterocycles. The fourth-order valence-corrected chi connectivity index (χ4v) is 6.27. The molecule has 2 N–H and O–H groups in total.